The summed E-state index contributed by atoms with van der Waals surface area (Å²) in [4.78, 5) is 25.9. The summed E-state index contributed by atoms with van der Waals surface area (Å²) >= 11 is 6.09. The van der Waals surface area contributed by atoms with Gasteiger partial charge in [-0.25, -0.2) is 0 Å². The van der Waals surface area contributed by atoms with Crippen LogP contribution in [0.4, 0.5) is 0 Å². The first-order valence-corrected chi connectivity index (χ1v) is 11.6. The van der Waals surface area contributed by atoms with Gasteiger partial charge in [0, 0.05) is 28.3 Å². The maximum absolute atomic E-state index is 13.1. The molecule has 3 aromatic rings. The molecular weight excluding hydrogens is 436 g/mol. The van der Waals surface area contributed by atoms with E-state index in [0.29, 0.717) is 22.1 Å². The Morgan fingerprint density at radius 3 is 2.48 bits per heavy atom. The zero-order valence-corrected chi connectivity index (χ0v) is 19.3. The second kappa shape index (κ2) is 10.5. The highest BCUT2D eigenvalue weighted by Gasteiger charge is 2.20. The number of carbonyl (C=O) groups is 2. The molecule has 170 valence electrons. The molecule has 0 aliphatic heterocycles. The van der Waals surface area contributed by atoms with Crippen LogP contribution in [-0.2, 0) is 4.79 Å². The van der Waals surface area contributed by atoms with Gasteiger partial charge >= 0.3 is 0 Å². The van der Waals surface area contributed by atoms with Gasteiger partial charge < -0.3 is 15.1 Å². The molecule has 2 N–H and O–H groups in total. The maximum atomic E-state index is 13.1. The van der Waals surface area contributed by atoms with Gasteiger partial charge in [0.1, 0.15) is 17.2 Å². The zero-order valence-electron chi connectivity index (χ0n) is 18.6. The summed E-state index contributed by atoms with van der Waals surface area (Å²) < 4.78 is 5.93. The minimum Gasteiger partial charge on any atom is -0.457 e. The molecule has 0 saturated heterocycles. The Hall–Kier alpha value is -3.31. The van der Waals surface area contributed by atoms with Gasteiger partial charge in [-0.15, -0.1) is 0 Å². The van der Waals surface area contributed by atoms with Gasteiger partial charge in [-0.05, 0) is 56.2 Å². The lowest BCUT2D eigenvalue weighted by atomic mass is 9.95. The summed E-state index contributed by atoms with van der Waals surface area (Å²) in [7, 11) is 0. The summed E-state index contributed by atoms with van der Waals surface area (Å²) in [5, 5.41) is 6.46. The van der Waals surface area contributed by atoms with Crippen molar-refractivity contribution in [2.75, 3.05) is 0 Å². The van der Waals surface area contributed by atoms with Crippen molar-refractivity contribution in [2.24, 2.45) is 0 Å². The molecule has 0 bridgehead atoms. The van der Waals surface area contributed by atoms with E-state index >= 15 is 0 Å². The Labute approximate surface area is 198 Å². The predicted octanol–water partition coefficient (Wildman–Crippen LogP) is 6.13. The Balaban J connectivity index is 1.58. The van der Waals surface area contributed by atoms with Crippen LogP contribution in [0.15, 0.2) is 70.8 Å². The number of amides is 2. The molecule has 1 saturated carbocycles. The molecule has 1 aromatic heterocycles. The molecule has 4 rings (SSSR count). The van der Waals surface area contributed by atoms with Crippen LogP contribution in [-0.4, -0.2) is 17.9 Å². The van der Waals surface area contributed by atoms with Crippen LogP contribution in [0.1, 0.15) is 53.8 Å². The average molecular weight is 463 g/mol. The lowest BCUT2D eigenvalue weighted by Gasteiger charge is -2.23. The maximum Gasteiger partial charge on any atom is 0.268 e. The fourth-order valence-electron chi connectivity index (χ4n) is 3.94. The molecular formula is C27H27ClN2O3. The Kier molecular flexibility index (Phi) is 7.30. The van der Waals surface area contributed by atoms with Crippen LogP contribution in [0.25, 0.3) is 17.4 Å². The highest BCUT2D eigenvalue weighted by Crippen LogP contribution is 2.26. The molecule has 5 nitrogen and oxygen atoms in total. The van der Waals surface area contributed by atoms with Crippen LogP contribution in [0.5, 0.6) is 0 Å². The molecule has 2 amide bonds. The van der Waals surface area contributed by atoms with E-state index in [1.54, 1.807) is 30.3 Å². The third-order valence-corrected chi connectivity index (χ3v) is 6.00. The van der Waals surface area contributed by atoms with Gasteiger partial charge in [-0.1, -0.05) is 60.7 Å². The number of rotatable bonds is 6. The zero-order chi connectivity index (χ0) is 23.2. The number of aryl methyl sites for hydroxylation is 1. The minimum absolute atomic E-state index is 0.115. The SMILES string of the molecule is Cc1ccc(C(=O)N/C(=C\c2ccc(-c3cccc(Cl)c3)o2)C(=O)NC2CCCCC2)cc1. The van der Waals surface area contributed by atoms with Gasteiger partial charge in [0.05, 0.1) is 0 Å². The fourth-order valence-corrected chi connectivity index (χ4v) is 4.13. The van der Waals surface area contributed by atoms with E-state index < -0.39 is 0 Å². The average Bonchev–Trinajstić information content (AvgIpc) is 3.28. The highest BCUT2D eigenvalue weighted by molar-refractivity contribution is 6.30. The smallest absolute Gasteiger partial charge is 0.268 e. The van der Waals surface area contributed by atoms with E-state index in [1.165, 1.54) is 6.42 Å². The summed E-state index contributed by atoms with van der Waals surface area (Å²) in [6, 6.07) is 18.3. The first-order chi connectivity index (χ1) is 16.0. The highest BCUT2D eigenvalue weighted by atomic mass is 35.5. The predicted molar refractivity (Wildman–Crippen MR) is 131 cm³/mol. The van der Waals surface area contributed by atoms with E-state index in [1.807, 2.05) is 43.3 Å². The largest absolute Gasteiger partial charge is 0.457 e. The number of halogens is 1. The number of furan rings is 1. The second-order valence-electron chi connectivity index (χ2n) is 8.40. The van der Waals surface area contributed by atoms with E-state index in [0.717, 1.165) is 36.8 Å². The van der Waals surface area contributed by atoms with Gasteiger partial charge in [0.25, 0.3) is 11.8 Å². The Bertz CT molecular complexity index is 1160. The van der Waals surface area contributed by atoms with Crippen molar-refractivity contribution in [3.05, 3.63) is 88.3 Å². The van der Waals surface area contributed by atoms with Crippen molar-refractivity contribution >= 4 is 29.5 Å². The van der Waals surface area contributed by atoms with Crippen molar-refractivity contribution in [3.63, 3.8) is 0 Å². The van der Waals surface area contributed by atoms with Crippen LogP contribution < -0.4 is 10.6 Å². The van der Waals surface area contributed by atoms with Crippen LogP contribution in [0.3, 0.4) is 0 Å². The molecule has 33 heavy (non-hydrogen) atoms. The molecule has 1 fully saturated rings. The molecule has 0 unspecified atom stereocenters. The summed E-state index contributed by atoms with van der Waals surface area (Å²) in [5.41, 5.74) is 2.52. The normalized spacial score (nSPS) is 14.7. The number of benzene rings is 2. The monoisotopic (exact) mass is 462 g/mol. The summed E-state index contributed by atoms with van der Waals surface area (Å²) in [5.74, 6) is 0.424. The van der Waals surface area contributed by atoms with E-state index in [2.05, 4.69) is 10.6 Å². The summed E-state index contributed by atoms with van der Waals surface area (Å²) in [6.45, 7) is 1.96. The van der Waals surface area contributed by atoms with Crippen molar-refractivity contribution in [1.29, 1.82) is 0 Å². The van der Waals surface area contributed by atoms with E-state index in [9.17, 15) is 9.59 Å². The topological polar surface area (TPSA) is 71.3 Å². The molecule has 6 heteroatoms. The first-order valence-electron chi connectivity index (χ1n) is 11.2. The first kappa shape index (κ1) is 22.9. The number of nitrogens with one attached hydrogen (secondary N) is 2. The number of hydrogen-bond acceptors (Lipinski definition) is 3. The third-order valence-electron chi connectivity index (χ3n) is 5.77. The van der Waals surface area contributed by atoms with E-state index in [-0.39, 0.29) is 23.6 Å². The molecule has 1 heterocycles. The van der Waals surface area contributed by atoms with Crippen molar-refractivity contribution in [1.82, 2.24) is 10.6 Å². The number of hydrogen-bond donors (Lipinski definition) is 2. The molecule has 1 aliphatic carbocycles. The second-order valence-corrected chi connectivity index (χ2v) is 8.84. The molecule has 0 atom stereocenters. The minimum atomic E-state index is -0.346. The van der Waals surface area contributed by atoms with Crippen molar-refractivity contribution in [3.8, 4) is 11.3 Å². The van der Waals surface area contributed by atoms with Crippen LogP contribution in [0.2, 0.25) is 5.02 Å². The number of carbonyl (C=O) groups excluding carboxylic acids is 2. The summed E-state index contributed by atoms with van der Waals surface area (Å²) in [6.07, 6.45) is 6.85. The Morgan fingerprint density at radius 2 is 1.76 bits per heavy atom. The van der Waals surface area contributed by atoms with Crippen LogP contribution >= 0.6 is 11.6 Å². The Morgan fingerprint density at radius 1 is 1.00 bits per heavy atom. The third kappa shape index (κ3) is 6.14. The van der Waals surface area contributed by atoms with Gasteiger partial charge in [-0.3, -0.25) is 9.59 Å². The van der Waals surface area contributed by atoms with E-state index in [4.69, 9.17) is 16.0 Å². The van der Waals surface area contributed by atoms with Crippen molar-refractivity contribution in [2.45, 2.75) is 45.1 Å². The van der Waals surface area contributed by atoms with Crippen molar-refractivity contribution < 1.29 is 14.0 Å². The van der Waals surface area contributed by atoms with Gasteiger partial charge in [-0.2, -0.15) is 0 Å². The molecule has 2 aromatic carbocycles. The van der Waals surface area contributed by atoms with Gasteiger partial charge in [0.2, 0.25) is 0 Å². The van der Waals surface area contributed by atoms with Crippen LogP contribution in [0, 0.1) is 6.92 Å². The lowest BCUT2D eigenvalue weighted by Crippen LogP contribution is -2.41. The molecule has 0 radical (unpaired) electrons. The molecule has 0 spiro atoms. The quantitative estimate of drug-likeness (QED) is 0.433. The standard InChI is InChI=1S/C27H27ClN2O3/c1-18-10-12-19(13-11-18)26(31)30-24(27(32)29-22-8-3-2-4-9-22)17-23-14-15-25(33-23)20-6-5-7-21(28)16-20/h5-7,10-17,22H,2-4,8-9H2,1H3,(H,29,32)(H,30,31)/b24-17-. The fraction of sp³-hybridized carbons (Fsp3) is 0.259. The lowest BCUT2D eigenvalue weighted by molar-refractivity contribution is -0.118. The molecule has 1 aliphatic rings. The van der Waals surface area contributed by atoms with Gasteiger partial charge in [0.15, 0.2) is 0 Å².